The number of hydrogen-bond acceptors (Lipinski definition) is 5. The molecule has 0 aliphatic rings. The van der Waals surface area contributed by atoms with Crippen molar-refractivity contribution in [2.75, 3.05) is 6.61 Å². The number of rotatable bonds is 8. The molecule has 7 heteroatoms. The molecule has 1 N–H and O–H groups in total. The lowest BCUT2D eigenvalue weighted by molar-refractivity contribution is -0.123. The molecule has 0 aliphatic heterocycles. The van der Waals surface area contributed by atoms with E-state index in [2.05, 4.69) is 15.5 Å². The van der Waals surface area contributed by atoms with E-state index in [-0.39, 0.29) is 6.61 Å². The van der Waals surface area contributed by atoms with Crippen LogP contribution in [-0.4, -0.2) is 23.7 Å². The van der Waals surface area contributed by atoms with Gasteiger partial charge < -0.3 is 9.47 Å². The molecule has 1 aromatic heterocycles. The van der Waals surface area contributed by atoms with Crippen molar-refractivity contribution < 1.29 is 14.3 Å². The number of benzene rings is 4. The van der Waals surface area contributed by atoms with Crippen molar-refractivity contribution in [1.82, 2.24) is 10.4 Å². The Morgan fingerprint density at radius 2 is 1.67 bits per heavy atom. The summed E-state index contributed by atoms with van der Waals surface area (Å²) in [5.41, 5.74) is 4.86. The number of halogens is 1. The summed E-state index contributed by atoms with van der Waals surface area (Å²) in [6.07, 6.45) is 3.27. The Morgan fingerprint density at radius 1 is 0.861 bits per heavy atom. The summed E-state index contributed by atoms with van der Waals surface area (Å²) in [6.45, 7) is 0.108. The topological polar surface area (TPSA) is 72.8 Å². The first-order chi connectivity index (χ1) is 17.7. The maximum absolute atomic E-state index is 12.4. The third-order valence-corrected chi connectivity index (χ3v) is 5.98. The number of nitrogens with zero attached hydrogens (tertiary/aromatic N) is 2. The third-order valence-electron chi connectivity index (χ3n) is 5.61. The van der Waals surface area contributed by atoms with E-state index in [1.807, 2.05) is 84.9 Å². The van der Waals surface area contributed by atoms with Gasteiger partial charge in [-0.1, -0.05) is 78.3 Å². The molecule has 6 nitrogen and oxygen atoms in total. The fourth-order valence-corrected chi connectivity index (χ4v) is 4.03. The zero-order valence-electron chi connectivity index (χ0n) is 19.2. The lowest BCUT2D eigenvalue weighted by Crippen LogP contribution is -2.24. The molecule has 0 spiro atoms. The molecule has 1 amide bonds. The van der Waals surface area contributed by atoms with Gasteiger partial charge in [0.25, 0.3) is 5.91 Å². The second kappa shape index (κ2) is 10.9. The molecule has 0 atom stereocenters. The lowest BCUT2D eigenvalue weighted by Gasteiger charge is -2.12. The summed E-state index contributed by atoms with van der Waals surface area (Å²) in [5, 5.41) is 7.73. The van der Waals surface area contributed by atoms with E-state index in [4.69, 9.17) is 21.1 Å². The van der Waals surface area contributed by atoms with Gasteiger partial charge in [0.15, 0.2) is 6.61 Å². The molecule has 0 fully saturated rings. The van der Waals surface area contributed by atoms with Crippen molar-refractivity contribution in [2.45, 2.75) is 6.61 Å². The molecule has 5 aromatic rings. The van der Waals surface area contributed by atoms with Crippen molar-refractivity contribution in [3.05, 3.63) is 113 Å². The van der Waals surface area contributed by atoms with Gasteiger partial charge in [-0.15, -0.1) is 0 Å². The first kappa shape index (κ1) is 23.3. The Bertz CT molecular complexity index is 1560. The molecule has 0 saturated heterocycles. The molecule has 0 radical (unpaired) electrons. The average molecular weight is 496 g/mol. The average Bonchev–Trinajstić information content (AvgIpc) is 2.92. The summed E-state index contributed by atoms with van der Waals surface area (Å²) in [4.78, 5) is 16.8. The maximum atomic E-state index is 12.4. The van der Waals surface area contributed by atoms with Crippen LogP contribution in [0.3, 0.4) is 0 Å². The highest BCUT2D eigenvalue weighted by atomic mass is 35.5. The number of para-hydroxylation sites is 1. The summed E-state index contributed by atoms with van der Waals surface area (Å²) in [6, 6.07) is 28.7. The van der Waals surface area contributed by atoms with Gasteiger partial charge in [-0.25, -0.2) is 5.43 Å². The molecule has 1 heterocycles. The zero-order valence-corrected chi connectivity index (χ0v) is 20.0. The van der Waals surface area contributed by atoms with Crippen molar-refractivity contribution in [2.24, 2.45) is 5.10 Å². The van der Waals surface area contributed by atoms with Crippen molar-refractivity contribution in [1.29, 1.82) is 0 Å². The minimum Gasteiger partial charge on any atom is -0.488 e. The monoisotopic (exact) mass is 495 g/mol. The molecule has 5 rings (SSSR count). The van der Waals surface area contributed by atoms with Crippen LogP contribution in [0.15, 0.2) is 102 Å². The van der Waals surface area contributed by atoms with E-state index >= 15 is 0 Å². The molecule has 0 unspecified atom stereocenters. The van der Waals surface area contributed by atoms with Gasteiger partial charge in [-0.05, 0) is 35.0 Å². The number of amides is 1. The zero-order chi connectivity index (χ0) is 24.7. The van der Waals surface area contributed by atoms with Gasteiger partial charge in [0.1, 0.15) is 23.6 Å². The number of fused-ring (bicyclic) bond motifs is 2. The van der Waals surface area contributed by atoms with E-state index in [0.29, 0.717) is 28.6 Å². The summed E-state index contributed by atoms with van der Waals surface area (Å²) in [7, 11) is 0. The smallest absolute Gasteiger partial charge is 0.277 e. The summed E-state index contributed by atoms with van der Waals surface area (Å²) >= 11 is 6.28. The van der Waals surface area contributed by atoms with Crippen LogP contribution in [0.2, 0.25) is 5.02 Å². The minimum atomic E-state index is -0.391. The van der Waals surface area contributed by atoms with E-state index in [1.165, 1.54) is 0 Å². The Labute approximate surface area is 213 Å². The highest BCUT2D eigenvalue weighted by Gasteiger charge is 2.10. The predicted molar refractivity (Wildman–Crippen MR) is 143 cm³/mol. The molecule has 36 heavy (non-hydrogen) atoms. The second-order valence-corrected chi connectivity index (χ2v) is 8.40. The molecule has 0 aliphatic carbocycles. The standard InChI is InChI=1S/C29H22ClN3O3/c30-25-12-4-2-8-22(25)18-35-26-15-14-20-7-1-3-11-23(20)24(26)17-32-33-28(34)19-36-27-13-5-9-21-10-6-16-31-29(21)27/h1-17H,18-19H2,(H,33,34)/b32-17+. The van der Waals surface area contributed by atoms with E-state index in [0.717, 1.165) is 27.3 Å². The Hall–Kier alpha value is -4.42. The largest absolute Gasteiger partial charge is 0.488 e. The SMILES string of the molecule is O=C(COc1cccc2cccnc12)N/N=C/c1c(OCc2ccccc2Cl)ccc2ccccc12. The summed E-state index contributed by atoms with van der Waals surface area (Å²) < 4.78 is 11.8. The Morgan fingerprint density at radius 3 is 2.58 bits per heavy atom. The number of carbonyl (C=O) groups is 1. The first-order valence-electron chi connectivity index (χ1n) is 11.4. The Balaban J connectivity index is 1.30. The highest BCUT2D eigenvalue weighted by Crippen LogP contribution is 2.28. The number of hydrogen-bond donors (Lipinski definition) is 1. The first-order valence-corrected chi connectivity index (χ1v) is 11.7. The molecular formula is C29H22ClN3O3. The fourth-order valence-electron chi connectivity index (χ4n) is 3.84. The molecule has 0 bridgehead atoms. The van der Waals surface area contributed by atoms with E-state index in [9.17, 15) is 4.79 Å². The molecular weight excluding hydrogens is 474 g/mol. The number of aromatic nitrogens is 1. The van der Waals surface area contributed by atoms with Crippen molar-refractivity contribution >= 4 is 45.4 Å². The Kier molecular flexibility index (Phi) is 7.05. The minimum absolute atomic E-state index is 0.196. The second-order valence-electron chi connectivity index (χ2n) is 7.99. The number of ether oxygens (including phenoxy) is 2. The van der Waals surface area contributed by atoms with Crippen LogP contribution < -0.4 is 14.9 Å². The number of nitrogens with one attached hydrogen (secondary N) is 1. The van der Waals surface area contributed by atoms with Crippen molar-refractivity contribution in [3.8, 4) is 11.5 Å². The quantitative estimate of drug-likeness (QED) is 0.207. The predicted octanol–water partition coefficient (Wildman–Crippen LogP) is 6.15. The van der Waals surface area contributed by atoms with E-state index in [1.54, 1.807) is 18.5 Å². The van der Waals surface area contributed by atoms with Gasteiger partial charge in [-0.3, -0.25) is 9.78 Å². The third kappa shape index (κ3) is 5.29. The van der Waals surface area contributed by atoms with Crippen LogP contribution in [0, 0.1) is 0 Å². The van der Waals surface area contributed by atoms with Gasteiger partial charge in [0, 0.05) is 27.7 Å². The van der Waals surface area contributed by atoms with Crippen LogP contribution in [0.25, 0.3) is 21.7 Å². The lowest BCUT2D eigenvalue weighted by atomic mass is 10.0. The van der Waals surface area contributed by atoms with Crippen LogP contribution in [0.5, 0.6) is 11.5 Å². The van der Waals surface area contributed by atoms with E-state index < -0.39 is 5.91 Å². The van der Waals surface area contributed by atoms with Gasteiger partial charge >= 0.3 is 0 Å². The van der Waals surface area contributed by atoms with Gasteiger partial charge in [0.2, 0.25) is 0 Å². The highest BCUT2D eigenvalue weighted by molar-refractivity contribution is 6.31. The molecule has 0 saturated carbocycles. The number of hydrazone groups is 1. The van der Waals surface area contributed by atoms with Gasteiger partial charge in [-0.2, -0.15) is 5.10 Å². The van der Waals surface area contributed by atoms with Crippen LogP contribution in [0.1, 0.15) is 11.1 Å². The fraction of sp³-hybridized carbons (Fsp3) is 0.0690. The number of pyridine rings is 1. The maximum Gasteiger partial charge on any atom is 0.277 e. The molecule has 4 aromatic carbocycles. The van der Waals surface area contributed by atoms with Crippen LogP contribution in [-0.2, 0) is 11.4 Å². The molecule has 178 valence electrons. The van der Waals surface area contributed by atoms with Gasteiger partial charge in [0.05, 0.1) is 6.21 Å². The number of carbonyl (C=O) groups excluding carboxylic acids is 1. The van der Waals surface area contributed by atoms with Crippen LogP contribution >= 0.6 is 11.6 Å². The van der Waals surface area contributed by atoms with Crippen LogP contribution in [0.4, 0.5) is 0 Å². The summed E-state index contributed by atoms with van der Waals surface area (Å²) in [5.74, 6) is 0.777. The van der Waals surface area contributed by atoms with Crippen molar-refractivity contribution in [3.63, 3.8) is 0 Å². The normalized spacial score (nSPS) is 11.1.